The second-order valence-corrected chi connectivity index (χ2v) is 16.0. The number of aromatic nitrogens is 2. The van der Waals surface area contributed by atoms with Crippen LogP contribution in [0.3, 0.4) is 0 Å². The van der Waals surface area contributed by atoms with E-state index in [9.17, 15) is 0 Å². The summed E-state index contributed by atoms with van der Waals surface area (Å²) in [6.45, 7) is 0. The Hall–Kier alpha value is -7.16. The van der Waals surface area contributed by atoms with Gasteiger partial charge >= 0.3 is 0 Å². The summed E-state index contributed by atoms with van der Waals surface area (Å²) in [6, 6.07) is 72.2. The number of benzene rings is 10. The van der Waals surface area contributed by atoms with Gasteiger partial charge in [-0.2, -0.15) is 0 Å². The van der Waals surface area contributed by atoms with Gasteiger partial charge in [0.2, 0.25) is 0 Å². The number of hydrogen-bond acceptors (Lipinski definition) is 0. The molecule has 2 nitrogen and oxygen atoms in total. The Morgan fingerprint density at radius 1 is 0.259 bits per heavy atom. The molecular formula is C56H40N2. The first-order chi connectivity index (χ1) is 28.7. The summed E-state index contributed by atoms with van der Waals surface area (Å²) in [5, 5.41) is 13.4. The summed E-state index contributed by atoms with van der Waals surface area (Å²) >= 11 is 0. The predicted molar refractivity (Wildman–Crippen MR) is 247 cm³/mol. The fourth-order valence-electron chi connectivity index (χ4n) is 9.89. The molecule has 2 heterocycles. The Kier molecular flexibility index (Phi) is 7.53. The van der Waals surface area contributed by atoms with Gasteiger partial charge in [0.1, 0.15) is 0 Å². The van der Waals surface area contributed by atoms with Crippen LogP contribution in [-0.4, -0.2) is 9.13 Å². The number of fused-ring (bicyclic) bond motifs is 6. The second-order valence-electron chi connectivity index (χ2n) is 16.0. The van der Waals surface area contributed by atoms with Crippen molar-refractivity contribution in [3.05, 3.63) is 216 Å². The quantitative estimate of drug-likeness (QED) is 0.137. The average molecular weight is 741 g/mol. The molecule has 10 aromatic carbocycles. The molecule has 58 heavy (non-hydrogen) atoms. The van der Waals surface area contributed by atoms with E-state index in [1.807, 2.05) is 0 Å². The number of rotatable bonds is 8. The molecular weight excluding hydrogens is 701 g/mol. The normalized spacial score (nSPS) is 12.1. The molecule has 0 radical (unpaired) electrons. The van der Waals surface area contributed by atoms with Gasteiger partial charge in [0, 0.05) is 32.9 Å². The Morgan fingerprint density at radius 3 is 1.02 bits per heavy atom. The molecule has 0 aliphatic rings. The molecule has 2 heteroatoms. The van der Waals surface area contributed by atoms with Gasteiger partial charge in [-0.3, -0.25) is 0 Å². The zero-order valence-corrected chi connectivity index (χ0v) is 32.2. The van der Waals surface area contributed by atoms with E-state index in [0.717, 1.165) is 25.7 Å². The fourth-order valence-corrected chi connectivity index (χ4v) is 9.89. The first-order valence-electron chi connectivity index (χ1n) is 20.6. The Morgan fingerprint density at radius 2 is 0.603 bits per heavy atom. The van der Waals surface area contributed by atoms with Crippen LogP contribution < -0.4 is 0 Å². The van der Waals surface area contributed by atoms with Crippen molar-refractivity contribution in [2.45, 2.75) is 25.7 Å². The lowest BCUT2D eigenvalue weighted by Crippen LogP contribution is -1.96. The van der Waals surface area contributed by atoms with Crippen molar-refractivity contribution in [3.8, 4) is 11.4 Å². The molecule has 0 fully saturated rings. The standard InChI is InChI=1S/C56H40N2/c1-3-11-45(12-4-1)57-51-17-9-7-15-47(51)49-35-37(23-29-53(49)57)19-21-39-31-41-25-27-43-33-40(34-44-28-26-42(32-39)55(41)56(43)44)22-20-38-24-30-54-50(36-38)48-16-8-10-18-52(48)58(54)46-13-5-2-6-14-46/h1-18,23-36H,19-22H2. The summed E-state index contributed by atoms with van der Waals surface area (Å²) in [7, 11) is 0. The number of nitrogens with zero attached hydrogens (tertiary/aromatic N) is 2. The van der Waals surface area contributed by atoms with Crippen LogP contribution in [0.15, 0.2) is 194 Å². The molecule has 0 unspecified atom stereocenters. The van der Waals surface area contributed by atoms with Crippen LogP contribution in [0.1, 0.15) is 22.3 Å². The van der Waals surface area contributed by atoms with Crippen molar-refractivity contribution in [3.63, 3.8) is 0 Å². The lowest BCUT2D eigenvalue weighted by atomic mass is 9.90. The maximum atomic E-state index is 2.43. The summed E-state index contributed by atoms with van der Waals surface area (Å²) in [4.78, 5) is 0. The van der Waals surface area contributed by atoms with E-state index in [2.05, 4.69) is 203 Å². The molecule has 0 aliphatic carbocycles. The van der Waals surface area contributed by atoms with E-state index < -0.39 is 0 Å². The van der Waals surface area contributed by atoms with Crippen LogP contribution in [-0.2, 0) is 25.7 Å². The van der Waals surface area contributed by atoms with E-state index in [1.165, 1.54) is 110 Å². The highest BCUT2D eigenvalue weighted by molar-refractivity contribution is 6.23. The van der Waals surface area contributed by atoms with Gasteiger partial charge in [-0.15, -0.1) is 0 Å². The lowest BCUT2D eigenvalue weighted by Gasteiger charge is -2.14. The highest BCUT2D eigenvalue weighted by Crippen LogP contribution is 2.38. The third-order valence-corrected chi connectivity index (χ3v) is 12.6. The zero-order chi connectivity index (χ0) is 38.2. The topological polar surface area (TPSA) is 9.86 Å². The Bertz CT molecular complexity index is 3190. The van der Waals surface area contributed by atoms with Crippen LogP contribution in [0.2, 0.25) is 0 Å². The minimum Gasteiger partial charge on any atom is -0.309 e. The number of hydrogen-bond donors (Lipinski definition) is 0. The summed E-state index contributed by atoms with van der Waals surface area (Å²) in [6.07, 6.45) is 4.00. The first kappa shape index (κ1) is 33.0. The van der Waals surface area contributed by atoms with Gasteiger partial charge < -0.3 is 9.13 Å². The highest BCUT2D eigenvalue weighted by atomic mass is 15.0. The smallest absolute Gasteiger partial charge is 0.0541 e. The van der Waals surface area contributed by atoms with Crippen molar-refractivity contribution in [1.29, 1.82) is 0 Å². The summed E-state index contributed by atoms with van der Waals surface area (Å²) < 4.78 is 4.78. The summed E-state index contributed by atoms with van der Waals surface area (Å²) in [5.74, 6) is 0. The first-order valence-corrected chi connectivity index (χ1v) is 20.6. The Labute approximate surface area is 337 Å². The molecule has 0 aliphatic heterocycles. The average Bonchev–Trinajstić information content (AvgIpc) is 3.79. The largest absolute Gasteiger partial charge is 0.309 e. The van der Waals surface area contributed by atoms with Crippen LogP contribution in [0.4, 0.5) is 0 Å². The van der Waals surface area contributed by atoms with Gasteiger partial charge in [-0.1, -0.05) is 133 Å². The minimum atomic E-state index is 1.000. The molecule has 0 saturated heterocycles. The van der Waals surface area contributed by atoms with E-state index in [4.69, 9.17) is 0 Å². The van der Waals surface area contributed by atoms with Gasteiger partial charge in [-0.25, -0.2) is 0 Å². The van der Waals surface area contributed by atoms with Crippen molar-refractivity contribution >= 4 is 75.9 Å². The van der Waals surface area contributed by atoms with Crippen LogP contribution in [0.25, 0.3) is 87.3 Å². The third kappa shape index (κ3) is 5.33. The van der Waals surface area contributed by atoms with Crippen LogP contribution in [0, 0.1) is 0 Å². The van der Waals surface area contributed by atoms with E-state index in [1.54, 1.807) is 0 Å². The molecule has 274 valence electrons. The zero-order valence-electron chi connectivity index (χ0n) is 32.2. The minimum absolute atomic E-state index is 1.000. The monoisotopic (exact) mass is 740 g/mol. The molecule has 0 N–H and O–H groups in total. The maximum absolute atomic E-state index is 2.43. The highest BCUT2D eigenvalue weighted by Gasteiger charge is 2.16. The summed E-state index contributed by atoms with van der Waals surface area (Å²) in [5.41, 5.74) is 12.9. The Balaban J connectivity index is 0.821. The second kappa shape index (κ2) is 13.2. The molecule has 0 bridgehead atoms. The van der Waals surface area contributed by atoms with E-state index >= 15 is 0 Å². The van der Waals surface area contributed by atoms with Crippen LogP contribution >= 0.6 is 0 Å². The van der Waals surface area contributed by atoms with Crippen molar-refractivity contribution < 1.29 is 0 Å². The number of para-hydroxylation sites is 4. The van der Waals surface area contributed by atoms with Crippen molar-refractivity contribution in [2.75, 3.05) is 0 Å². The van der Waals surface area contributed by atoms with E-state index in [-0.39, 0.29) is 0 Å². The van der Waals surface area contributed by atoms with Gasteiger partial charge in [-0.05, 0) is 141 Å². The van der Waals surface area contributed by atoms with Crippen molar-refractivity contribution in [1.82, 2.24) is 9.13 Å². The lowest BCUT2D eigenvalue weighted by molar-refractivity contribution is 0.965. The molecule has 0 saturated carbocycles. The molecule has 0 amide bonds. The van der Waals surface area contributed by atoms with Gasteiger partial charge in [0.25, 0.3) is 0 Å². The van der Waals surface area contributed by atoms with Gasteiger partial charge in [0.15, 0.2) is 0 Å². The molecule has 0 spiro atoms. The molecule has 2 aromatic heterocycles. The van der Waals surface area contributed by atoms with Crippen molar-refractivity contribution in [2.24, 2.45) is 0 Å². The molecule has 12 aromatic rings. The molecule has 0 atom stereocenters. The van der Waals surface area contributed by atoms with Gasteiger partial charge in [0.05, 0.1) is 22.1 Å². The van der Waals surface area contributed by atoms with E-state index in [0.29, 0.717) is 0 Å². The molecule has 12 rings (SSSR count). The fraction of sp³-hybridized carbons (Fsp3) is 0.0714. The maximum Gasteiger partial charge on any atom is 0.0541 e. The third-order valence-electron chi connectivity index (χ3n) is 12.6. The SMILES string of the molecule is c1ccc(-n2c3ccccc3c3cc(CCc4cc5ccc6cc(CCc7ccc8c(c7)c7ccccc7n8-c7ccccc7)cc7ccc(c4)c5c67)ccc32)cc1. The van der Waals surface area contributed by atoms with Crippen LogP contribution in [0.5, 0.6) is 0 Å². The number of aryl methyl sites for hydroxylation is 4. The predicted octanol–water partition coefficient (Wildman–Crippen LogP) is 14.3.